The summed E-state index contributed by atoms with van der Waals surface area (Å²) in [5.41, 5.74) is 1.71. The molecule has 2 rings (SSSR count). The number of nitrogens with zero attached hydrogens (tertiary/aromatic N) is 2. The lowest BCUT2D eigenvalue weighted by molar-refractivity contribution is 0.0977. The highest BCUT2D eigenvalue weighted by Crippen LogP contribution is 2.22. The highest BCUT2D eigenvalue weighted by Gasteiger charge is 2.15. The van der Waals surface area contributed by atoms with Crippen LogP contribution >= 0.6 is 0 Å². The molecule has 0 saturated carbocycles. The van der Waals surface area contributed by atoms with Crippen molar-refractivity contribution >= 4 is 17.8 Å². The standard InChI is InChI=1S/C15H16N3O2/c1-15(2,3)11-6-4-10(5-7-11)13(19)17-12-8-9-16-14(20)18-12/h4-9H,1-3H3,(H,17,18,19,20). The Morgan fingerprint density at radius 2 is 1.80 bits per heavy atom. The number of hydrogen-bond acceptors (Lipinski definition) is 2. The molecule has 5 heteroatoms. The van der Waals surface area contributed by atoms with Gasteiger partial charge in [-0.05, 0) is 29.2 Å². The van der Waals surface area contributed by atoms with Gasteiger partial charge >= 0.3 is 6.03 Å². The van der Waals surface area contributed by atoms with Crippen molar-refractivity contribution in [3.8, 4) is 0 Å². The molecule has 0 fully saturated rings. The molecule has 0 saturated heterocycles. The monoisotopic (exact) mass is 270 g/mol. The van der Waals surface area contributed by atoms with Gasteiger partial charge in [0.25, 0.3) is 5.91 Å². The molecule has 103 valence electrons. The summed E-state index contributed by atoms with van der Waals surface area (Å²) in [5, 5.41) is 6.01. The van der Waals surface area contributed by atoms with E-state index < -0.39 is 6.03 Å². The molecule has 1 N–H and O–H groups in total. The van der Waals surface area contributed by atoms with Crippen molar-refractivity contribution < 1.29 is 9.59 Å². The van der Waals surface area contributed by atoms with E-state index in [1.165, 1.54) is 12.3 Å². The number of amides is 3. The fourth-order valence-corrected chi connectivity index (χ4v) is 1.72. The van der Waals surface area contributed by atoms with Crippen molar-refractivity contribution in [2.24, 2.45) is 4.99 Å². The lowest BCUT2D eigenvalue weighted by Gasteiger charge is -2.19. The van der Waals surface area contributed by atoms with Gasteiger partial charge in [-0.25, -0.2) is 4.79 Å². The van der Waals surface area contributed by atoms with Crippen LogP contribution in [0.1, 0.15) is 36.7 Å². The fourth-order valence-electron chi connectivity index (χ4n) is 1.72. The Hall–Kier alpha value is -2.43. The Balaban J connectivity index is 2.10. The third kappa shape index (κ3) is 3.32. The van der Waals surface area contributed by atoms with Crippen molar-refractivity contribution in [3.63, 3.8) is 0 Å². The molecule has 20 heavy (non-hydrogen) atoms. The van der Waals surface area contributed by atoms with Crippen LogP contribution in [0.15, 0.2) is 41.5 Å². The van der Waals surface area contributed by atoms with Crippen LogP contribution < -0.4 is 10.6 Å². The highest BCUT2D eigenvalue weighted by atomic mass is 16.2. The van der Waals surface area contributed by atoms with Gasteiger partial charge in [0.05, 0.1) is 0 Å². The van der Waals surface area contributed by atoms with Gasteiger partial charge < -0.3 is 5.32 Å². The first-order chi connectivity index (χ1) is 9.36. The van der Waals surface area contributed by atoms with E-state index in [2.05, 4.69) is 36.4 Å². The molecule has 1 aromatic carbocycles. The van der Waals surface area contributed by atoms with E-state index in [-0.39, 0.29) is 17.2 Å². The zero-order valence-electron chi connectivity index (χ0n) is 11.7. The molecule has 5 nitrogen and oxygen atoms in total. The number of carbonyl (C=O) groups excluding carboxylic acids is 2. The largest absolute Gasteiger partial charge is 0.368 e. The lowest BCUT2D eigenvalue weighted by Crippen LogP contribution is -2.32. The van der Waals surface area contributed by atoms with Crippen LogP contribution in [-0.4, -0.2) is 17.8 Å². The predicted molar refractivity (Wildman–Crippen MR) is 76.7 cm³/mol. The topological polar surface area (TPSA) is 72.6 Å². The average Bonchev–Trinajstić information content (AvgIpc) is 2.38. The van der Waals surface area contributed by atoms with Crippen molar-refractivity contribution in [1.82, 2.24) is 10.6 Å². The Morgan fingerprint density at radius 1 is 1.15 bits per heavy atom. The van der Waals surface area contributed by atoms with E-state index in [0.717, 1.165) is 5.56 Å². The van der Waals surface area contributed by atoms with Gasteiger partial charge in [-0.1, -0.05) is 32.9 Å². The van der Waals surface area contributed by atoms with Crippen molar-refractivity contribution in [2.75, 3.05) is 0 Å². The van der Waals surface area contributed by atoms with Gasteiger partial charge in [0, 0.05) is 11.8 Å². The van der Waals surface area contributed by atoms with Gasteiger partial charge in [-0.3, -0.25) is 4.79 Å². The molecule has 1 aliphatic heterocycles. The Morgan fingerprint density at radius 3 is 2.35 bits per heavy atom. The Labute approximate surface area is 117 Å². The maximum Gasteiger partial charge on any atom is 0.368 e. The van der Waals surface area contributed by atoms with Crippen LogP contribution in [0.5, 0.6) is 0 Å². The summed E-state index contributed by atoms with van der Waals surface area (Å²) in [5.74, 6) is -0.0987. The summed E-state index contributed by atoms with van der Waals surface area (Å²) in [4.78, 5) is 26.6. The fraction of sp³-hybridized carbons (Fsp3) is 0.267. The molecular formula is C15H16N3O2. The summed E-state index contributed by atoms with van der Waals surface area (Å²) in [6.07, 6.45) is 2.79. The minimum Gasteiger partial charge on any atom is -0.306 e. The van der Waals surface area contributed by atoms with Gasteiger partial charge in [-0.15, -0.1) is 0 Å². The second-order valence-corrected chi connectivity index (χ2v) is 5.51. The minimum absolute atomic E-state index is 0.0408. The SMILES string of the molecule is CC(C)(C)c1ccc(C(=O)NC2=NC(=O)[N]C=C2)cc1. The molecule has 0 aromatic heterocycles. The van der Waals surface area contributed by atoms with Crippen LogP contribution in [0.25, 0.3) is 0 Å². The molecule has 0 atom stereocenters. The molecule has 0 bridgehead atoms. The normalized spacial score (nSPS) is 14.6. The zero-order valence-corrected chi connectivity index (χ0v) is 11.7. The van der Waals surface area contributed by atoms with Gasteiger partial charge in [0.1, 0.15) is 5.84 Å². The van der Waals surface area contributed by atoms with E-state index in [9.17, 15) is 9.59 Å². The lowest BCUT2D eigenvalue weighted by atomic mass is 9.87. The minimum atomic E-state index is -0.620. The number of urea groups is 1. The average molecular weight is 270 g/mol. The summed E-state index contributed by atoms with van der Waals surface area (Å²) >= 11 is 0. The molecule has 1 heterocycles. The van der Waals surface area contributed by atoms with Crippen molar-refractivity contribution in [1.29, 1.82) is 0 Å². The molecule has 1 aliphatic rings. The third-order valence-electron chi connectivity index (χ3n) is 2.89. The number of carbonyl (C=O) groups is 2. The summed E-state index contributed by atoms with van der Waals surface area (Å²) < 4.78 is 0. The van der Waals surface area contributed by atoms with Crippen LogP contribution in [0, 0.1) is 0 Å². The van der Waals surface area contributed by atoms with Gasteiger partial charge in [0.15, 0.2) is 0 Å². The van der Waals surface area contributed by atoms with Crippen LogP contribution in [0.4, 0.5) is 4.79 Å². The molecule has 0 unspecified atom stereocenters. The molecule has 3 amide bonds. The first kappa shape index (κ1) is 14.0. The van der Waals surface area contributed by atoms with Crippen molar-refractivity contribution in [3.05, 3.63) is 47.7 Å². The second-order valence-electron chi connectivity index (χ2n) is 5.51. The van der Waals surface area contributed by atoms with E-state index in [1.807, 2.05) is 12.1 Å². The molecule has 1 aromatic rings. The summed E-state index contributed by atoms with van der Waals surface area (Å²) in [6.45, 7) is 6.33. The summed E-state index contributed by atoms with van der Waals surface area (Å²) in [6, 6.07) is 6.75. The van der Waals surface area contributed by atoms with Crippen LogP contribution in [0.2, 0.25) is 0 Å². The summed E-state index contributed by atoms with van der Waals surface area (Å²) in [7, 11) is 0. The van der Waals surface area contributed by atoms with Crippen LogP contribution in [-0.2, 0) is 5.41 Å². The number of rotatable bonds is 1. The first-order valence-electron chi connectivity index (χ1n) is 6.28. The Bertz CT molecular complexity index is 593. The predicted octanol–water partition coefficient (Wildman–Crippen LogP) is 2.36. The number of nitrogens with one attached hydrogen (secondary N) is 1. The van der Waals surface area contributed by atoms with Crippen molar-refractivity contribution in [2.45, 2.75) is 26.2 Å². The maximum absolute atomic E-state index is 12.0. The molecule has 0 spiro atoms. The van der Waals surface area contributed by atoms with E-state index in [1.54, 1.807) is 12.1 Å². The Kier molecular flexibility index (Phi) is 3.70. The van der Waals surface area contributed by atoms with Gasteiger partial charge in [-0.2, -0.15) is 10.3 Å². The number of amidine groups is 1. The van der Waals surface area contributed by atoms with E-state index in [0.29, 0.717) is 5.56 Å². The zero-order chi connectivity index (χ0) is 14.8. The third-order valence-corrected chi connectivity index (χ3v) is 2.89. The second kappa shape index (κ2) is 5.28. The number of hydrogen-bond donors (Lipinski definition) is 1. The number of aliphatic imine (C=N–C) groups is 1. The first-order valence-corrected chi connectivity index (χ1v) is 6.28. The van der Waals surface area contributed by atoms with E-state index in [4.69, 9.17) is 0 Å². The van der Waals surface area contributed by atoms with Gasteiger partial charge in [0.2, 0.25) is 0 Å². The van der Waals surface area contributed by atoms with E-state index >= 15 is 0 Å². The van der Waals surface area contributed by atoms with Crippen LogP contribution in [0.3, 0.4) is 0 Å². The molecular weight excluding hydrogens is 254 g/mol. The quantitative estimate of drug-likeness (QED) is 0.850. The highest BCUT2D eigenvalue weighted by molar-refractivity contribution is 6.13. The molecule has 0 aliphatic carbocycles. The smallest absolute Gasteiger partial charge is 0.306 e. The number of benzene rings is 1. The maximum atomic E-state index is 12.0. The molecule has 1 radical (unpaired) electrons.